The number of ether oxygens (including phenoxy) is 2. The van der Waals surface area contributed by atoms with Crippen LogP contribution in [0.3, 0.4) is 0 Å². The molecule has 0 radical (unpaired) electrons. The van der Waals surface area contributed by atoms with Crippen molar-refractivity contribution >= 4 is 214 Å². The molecule has 3 aliphatic heterocycles. The zero-order valence-electron chi connectivity index (χ0n) is 68.1. The Labute approximate surface area is 739 Å². The summed E-state index contributed by atoms with van der Waals surface area (Å²) in [5.41, 5.74) is 13.4. The van der Waals surface area contributed by atoms with Crippen molar-refractivity contribution in [3.63, 3.8) is 0 Å². The van der Waals surface area contributed by atoms with Crippen molar-refractivity contribution in [3.8, 4) is 11.5 Å². The molecule has 0 spiro atoms. The molecule has 24 nitrogen and oxygen atoms in total. The lowest BCUT2D eigenvalue weighted by Crippen LogP contribution is -2.35. The number of aromatic amines is 5. The second-order valence-electron chi connectivity index (χ2n) is 31.7. The number of aromatic nitrogens is 5. The lowest BCUT2D eigenvalue weighted by molar-refractivity contribution is -0.131. The molecule has 128 heavy (non-hydrogen) atoms. The Kier molecular flexibility index (Phi) is 21.5. The van der Waals surface area contributed by atoms with Crippen LogP contribution in [0, 0.1) is 24.4 Å². The number of furan rings is 1. The molecular formula is C98H73Cl3F3N13O11. The maximum Gasteiger partial charge on any atom is 0.429 e. The zero-order valence-corrected chi connectivity index (χ0v) is 70.4. The normalized spacial score (nSPS) is 14.5. The number of benzene rings is 12. The molecule has 0 fully saturated rings. The highest BCUT2D eigenvalue weighted by Crippen LogP contribution is 2.50. The molecule has 0 bridgehead atoms. The van der Waals surface area contributed by atoms with Crippen molar-refractivity contribution in [2.75, 3.05) is 75.0 Å². The lowest BCUT2D eigenvalue weighted by atomic mass is 9.93. The molecule has 0 saturated carbocycles. The quantitative estimate of drug-likeness (QED) is 0.0123. The number of carbonyl (C=O) groups is 8. The highest BCUT2D eigenvalue weighted by atomic mass is 35.5. The summed E-state index contributed by atoms with van der Waals surface area (Å²) in [7, 11) is 1.38. The van der Waals surface area contributed by atoms with E-state index in [0.29, 0.717) is 137 Å². The number of rotatable bonds is 14. The van der Waals surface area contributed by atoms with Crippen molar-refractivity contribution in [2.24, 2.45) is 5.84 Å². The molecule has 10 N–H and O–H groups in total. The van der Waals surface area contributed by atoms with Crippen LogP contribution in [0.2, 0.25) is 0 Å². The number of fused-ring (bicyclic) bond motifs is 15. The first-order chi connectivity index (χ1) is 61.9. The van der Waals surface area contributed by atoms with Crippen molar-refractivity contribution < 1.29 is 65.4 Å². The number of hydrazine groups is 1. The van der Waals surface area contributed by atoms with Crippen LogP contribution in [0.25, 0.3) is 97.8 Å². The molecule has 3 unspecified atom stereocenters. The van der Waals surface area contributed by atoms with Gasteiger partial charge < -0.3 is 69.5 Å². The van der Waals surface area contributed by atoms with E-state index in [1.807, 2.05) is 66.7 Å². The van der Waals surface area contributed by atoms with E-state index in [0.717, 1.165) is 76.3 Å². The predicted octanol–water partition coefficient (Wildman–Crippen LogP) is 21.3. The second kappa shape index (κ2) is 33.4. The molecule has 638 valence electrons. The monoisotopic (exact) mass is 1770 g/mol. The number of nitrogens with one attached hydrogen (secondary N) is 8. The average molecular weight is 1770 g/mol. The molecule has 0 saturated heterocycles. The number of alkyl halides is 3. The predicted molar refractivity (Wildman–Crippen MR) is 493 cm³/mol. The maximum absolute atomic E-state index is 14.0. The first-order valence-electron chi connectivity index (χ1n) is 40.6. The summed E-state index contributed by atoms with van der Waals surface area (Å²) in [6, 6.07) is 67.3. The summed E-state index contributed by atoms with van der Waals surface area (Å²) >= 11 is 19.2. The Bertz CT molecular complexity index is 7700. The van der Waals surface area contributed by atoms with Crippen molar-refractivity contribution in [2.45, 2.75) is 31.6 Å². The fourth-order valence-electron chi connectivity index (χ4n) is 17.5. The number of amides is 7. The fraction of sp³-hybridized carbons (Fsp3) is 0.122. The van der Waals surface area contributed by atoms with Gasteiger partial charge in [-0.25, -0.2) is 28.8 Å². The number of nitrogens with two attached hydrogens (primary N) is 1. The number of nitrogens with zero attached hydrogens (tertiary/aromatic N) is 4. The van der Waals surface area contributed by atoms with Gasteiger partial charge in [-0.2, -0.15) is 0 Å². The third kappa shape index (κ3) is 15.5. The summed E-state index contributed by atoms with van der Waals surface area (Å²) in [5.74, 6) is 3.60. The zero-order chi connectivity index (χ0) is 88.8. The molecule has 12 aromatic carbocycles. The van der Waals surface area contributed by atoms with Crippen LogP contribution in [-0.4, -0.2) is 122 Å². The van der Waals surface area contributed by atoms with E-state index >= 15 is 0 Å². The minimum absolute atomic E-state index is 0.0343. The van der Waals surface area contributed by atoms with Gasteiger partial charge in [0.2, 0.25) is 0 Å². The minimum Gasteiger partial charge on any atom is -0.451 e. The molecule has 30 heteroatoms. The lowest BCUT2D eigenvalue weighted by Gasteiger charge is -2.19. The Morgan fingerprint density at radius 2 is 0.742 bits per heavy atom. The number of esters is 1. The van der Waals surface area contributed by atoms with Crippen molar-refractivity contribution in [1.29, 1.82) is 0 Å². The van der Waals surface area contributed by atoms with Gasteiger partial charge in [-0.05, 0) is 202 Å². The molecule has 7 amide bonds. The largest absolute Gasteiger partial charge is 0.451 e. The first-order valence-corrected chi connectivity index (χ1v) is 42.2. The SMILES string of the molecule is CC(=O)Oc1cc2c(c3ccccc13)C(CCl)CN2C(=O)c1cc2cc(NC(=O)c3cc4cc(F)ccc4[nH]3)ccc2[nH]1.CN(N)C(=O)Oc1cc2c(c3ccccc13)C(CCl)CN2C(=O)c1cc2cc(NC(=O)c3cc4cc(F)ccc4[nH]3)ccc2[nH]1.Cc1cc2c(c3ccccc13)C(CCl)CN2C(=O)c1cc2cc(NC(=O)c3cc4cc(F)ccc4o3)ccc2[nH]1. The van der Waals surface area contributed by atoms with E-state index in [-0.39, 0.29) is 82.0 Å². The molecule has 9 heterocycles. The van der Waals surface area contributed by atoms with Crippen molar-refractivity contribution in [1.82, 2.24) is 29.9 Å². The molecule has 0 aliphatic carbocycles. The molecule has 3 aliphatic rings. The highest BCUT2D eigenvalue weighted by Gasteiger charge is 2.40. The van der Waals surface area contributed by atoms with E-state index < -0.39 is 23.8 Å². The van der Waals surface area contributed by atoms with Crippen molar-refractivity contribution in [3.05, 3.63) is 311 Å². The standard InChI is InChI=1S/C33H26ClFN6O4.C33H24ClFN4O4.C32H23ClFN3O3/c1-40(36)33(44)45-29-14-28-30(23-5-3-2-4-22(23)29)19(15-34)16-41(28)32(43)27-13-18-11-21(7-9-25(18)39-27)37-31(42)26-12-17-10-20(35)6-8-24(17)38-26;1-17(40)43-30-14-29-31(24-5-3-2-4-23(24)30)20(15-34)16-39(29)33(42)28-13-19-11-22(7-9-26(19)38-28)36-32(41)27-12-18-10-21(35)6-8-25(18)37-27;1-17-10-27-30(24-5-3-2-4-23(17)24)20(15-33)16-37(27)32(39)26-13-18-12-22(7-8-25(18)36-26)35-31(38)29-14-19-11-21(34)6-9-28(19)40-29/h2-14,19,38-39H,15-16,36H2,1H3,(H,37,42);2-14,20,37-38H,15-16H2,1H3,(H,36,41);2-14,20,36H,15-16H2,1H3,(H,35,38). The average Bonchev–Trinajstić information content (AvgIpc) is 1.58. The van der Waals surface area contributed by atoms with Gasteiger partial charge in [0.15, 0.2) is 5.76 Å². The Morgan fingerprint density at radius 1 is 0.406 bits per heavy atom. The molecule has 6 aromatic heterocycles. The number of H-pyrrole nitrogens is 5. The van der Waals surface area contributed by atoms with Crippen LogP contribution in [0.4, 0.5) is 52.1 Å². The number of anilines is 6. The Balaban J connectivity index is 0.000000125. The van der Waals surface area contributed by atoms with Gasteiger partial charge in [0.05, 0.1) is 11.4 Å². The van der Waals surface area contributed by atoms with Gasteiger partial charge in [-0.3, -0.25) is 33.6 Å². The topological polar surface area (TPSA) is 322 Å². The van der Waals surface area contributed by atoms with Gasteiger partial charge in [0, 0.05) is 175 Å². The molecular weight excluding hydrogens is 1700 g/mol. The molecule has 21 rings (SSSR count). The van der Waals surface area contributed by atoms with Crippen LogP contribution < -0.4 is 46.0 Å². The highest BCUT2D eigenvalue weighted by molar-refractivity contribution is 6.22. The Morgan fingerprint density at radius 3 is 1.15 bits per heavy atom. The smallest absolute Gasteiger partial charge is 0.429 e. The second-order valence-corrected chi connectivity index (χ2v) is 32.6. The molecule has 18 aromatic rings. The van der Waals surface area contributed by atoms with E-state index in [1.165, 1.54) is 67.9 Å². The van der Waals surface area contributed by atoms with E-state index in [9.17, 15) is 51.5 Å². The van der Waals surface area contributed by atoms with Gasteiger partial charge in [-0.15, -0.1) is 34.8 Å². The maximum atomic E-state index is 14.0. The number of hydrogen-bond donors (Lipinski definition) is 9. The van der Waals surface area contributed by atoms with Crippen LogP contribution in [0.1, 0.15) is 110 Å². The third-order valence-electron chi connectivity index (χ3n) is 23.3. The van der Waals surface area contributed by atoms with Gasteiger partial charge in [-0.1, -0.05) is 72.8 Å². The van der Waals surface area contributed by atoms with Crippen LogP contribution in [-0.2, 0) is 4.79 Å². The first kappa shape index (κ1) is 82.4. The van der Waals surface area contributed by atoms with Crippen LogP contribution in [0.15, 0.2) is 241 Å². The number of hydrogen-bond acceptors (Lipinski definition) is 12. The van der Waals surface area contributed by atoms with E-state index in [4.69, 9.17) is 54.5 Å². The molecule has 3 atom stereocenters. The van der Waals surface area contributed by atoms with Gasteiger partial charge in [0.25, 0.3) is 35.4 Å². The number of halogens is 6. The van der Waals surface area contributed by atoms with Gasteiger partial charge in [0.1, 0.15) is 63.0 Å². The summed E-state index contributed by atoms with van der Waals surface area (Å²) in [5, 5.41) is 18.8. The minimum atomic E-state index is -0.748. The fourth-order valence-corrected chi connectivity index (χ4v) is 18.2. The Hall–Kier alpha value is -15.2. The van der Waals surface area contributed by atoms with E-state index in [1.54, 1.807) is 118 Å². The summed E-state index contributed by atoms with van der Waals surface area (Å²) in [6.45, 7) is 4.61. The van der Waals surface area contributed by atoms with E-state index in [2.05, 4.69) is 66.0 Å². The van der Waals surface area contributed by atoms with Crippen LogP contribution >= 0.6 is 34.8 Å². The number of aryl methyl sites for hydroxylation is 1. The summed E-state index contributed by atoms with van der Waals surface area (Å²) < 4.78 is 57.4. The number of carbonyl (C=O) groups excluding carboxylic acids is 8. The summed E-state index contributed by atoms with van der Waals surface area (Å²) in [6.07, 6.45) is -0.748. The summed E-state index contributed by atoms with van der Waals surface area (Å²) in [4.78, 5) is 125. The van der Waals surface area contributed by atoms with Gasteiger partial charge >= 0.3 is 12.1 Å². The van der Waals surface area contributed by atoms with Crippen LogP contribution in [0.5, 0.6) is 11.5 Å². The third-order valence-corrected chi connectivity index (χ3v) is 24.5.